The van der Waals surface area contributed by atoms with Crippen molar-refractivity contribution in [2.24, 2.45) is 0 Å². The summed E-state index contributed by atoms with van der Waals surface area (Å²) in [7, 11) is 1.71. The topological polar surface area (TPSA) is 29.5 Å². The van der Waals surface area contributed by atoms with Crippen molar-refractivity contribution in [3.63, 3.8) is 0 Å². The molecule has 0 aromatic heterocycles. The smallest absolute Gasteiger partial charge is 0.123 e. The van der Waals surface area contributed by atoms with Crippen LogP contribution in [0, 0.1) is 0 Å². The van der Waals surface area contributed by atoms with Gasteiger partial charge in [0.2, 0.25) is 0 Å². The molecule has 2 heteroatoms. The van der Waals surface area contributed by atoms with Crippen molar-refractivity contribution in [2.75, 3.05) is 7.11 Å². The van der Waals surface area contributed by atoms with Crippen molar-refractivity contribution in [1.29, 1.82) is 0 Å². The van der Waals surface area contributed by atoms with Gasteiger partial charge in [-0.2, -0.15) is 0 Å². The van der Waals surface area contributed by atoms with E-state index in [1.807, 2.05) is 6.07 Å². The van der Waals surface area contributed by atoms with Crippen LogP contribution in [0.2, 0.25) is 0 Å². The molecule has 0 fully saturated rings. The summed E-state index contributed by atoms with van der Waals surface area (Å²) in [6, 6.07) is 4.13. The van der Waals surface area contributed by atoms with Crippen LogP contribution in [-0.4, -0.2) is 12.2 Å². The molecule has 1 aliphatic rings. The number of ether oxygens (including phenoxy) is 1. The van der Waals surface area contributed by atoms with Gasteiger partial charge in [0.05, 0.1) is 13.2 Å². The molecule has 1 N–H and O–H groups in total. The van der Waals surface area contributed by atoms with Crippen LogP contribution in [-0.2, 0) is 10.8 Å². The van der Waals surface area contributed by atoms with Crippen LogP contribution in [0.15, 0.2) is 12.1 Å². The molecule has 0 aliphatic heterocycles. The lowest BCUT2D eigenvalue weighted by Crippen LogP contribution is -2.18. The van der Waals surface area contributed by atoms with Crippen LogP contribution in [0.5, 0.6) is 5.75 Å². The molecule has 1 aromatic rings. The van der Waals surface area contributed by atoms with Crippen molar-refractivity contribution in [1.82, 2.24) is 0 Å². The molecule has 1 aliphatic carbocycles. The predicted octanol–water partition coefficient (Wildman–Crippen LogP) is 3.71. The number of fused-ring (bicyclic) bond motifs is 1. The van der Waals surface area contributed by atoms with E-state index in [2.05, 4.69) is 33.8 Å². The van der Waals surface area contributed by atoms with E-state index in [9.17, 15) is 5.11 Å². The first-order chi connectivity index (χ1) is 8.19. The highest BCUT2D eigenvalue weighted by Gasteiger charge is 2.44. The van der Waals surface area contributed by atoms with E-state index in [0.29, 0.717) is 0 Å². The lowest BCUT2D eigenvalue weighted by molar-refractivity contribution is 0.198. The van der Waals surface area contributed by atoms with Crippen LogP contribution >= 0.6 is 0 Å². The number of hydrogen-bond acceptors (Lipinski definition) is 2. The second-order valence-electron chi connectivity index (χ2n) is 6.77. The van der Waals surface area contributed by atoms with E-state index in [4.69, 9.17) is 4.74 Å². The summed E-state index contributed by atoms with van der Waals surface area (Å²) in [5.41, 5.74) is 3.83. The average Bonchev–Trinajstić information content (AvgIpc) is 2.43. The fourth-order valence-electron chi connectivity index (χ4n) is 3.56. The van der Waals surface area contributed by atoms with Crippen molar-refractivity contribution < 1.29 is 9.84 Å². The molecular weight excluding hydrogens is 224 g/mol. The average molecular weight is 248 g/mol. The molecule has 18 heavy (non-hydrogen) atoms. The van der Waals surface area contributed by atoms with Crippen LogP contribution in [0.1, 0.15) is 63.8 Å². The third-order valence-electron chi connectivity index (χ3n) is 4.12. The lowest BCUT2D eigenvalue weighted by Gasteiger charge is -2.23. The maximum absolute atomic E-state index is 9.82. The van der Waals surface area contributed by atoms with Gasteiger partial charge >= 0.3 is 0 Å². The summed E-state index contributed by atoms with van der Waals surface area (Å²) >= 11 is 0. The summed E-state index contributed by atoms with van der Waals surface area (Å²) in [5, 5.41) is 9.82. The van der Waals surface area contributed by atoms with Gasteiger partial charge in [-0.15, -0.1) is 0 Å². The van der Waals surface area contributed by atoms with Crippen LogP contribution < -0.4 is 4.74 Å². The minimum atomic E-state index is -0.455. The molecule has 0 saturated heterocycles. The monoisotopic (exact) mass is 248 g/mol. The Balaban J connectivity index is 2.72. The van der Waals surface area contributed by atoms with Gasteiger partial charge in [0.25, 0.3) is 0 Å². The van der Waals surface area contributed by atoms with Gasteiger partial charge in [0.15, 0.2) is 0 Å². The molecule has 1 unspecified atom stereocenters. The highest BCUT2D eigenvalue weighted by atomic mass is 16.5. The van der Waals surface area contributed by atoms with Gasteiger partial charge in [-0.3, -0.25) is 0 Å². The number of benzene rings is 1. The highest BCUT2D eigenvalue weighted by Crippen LogP contribution is 2.53. The largest absolute Gasteiger partial charge is 0.496 e. The molecule has 1 atom stereocenters. The molecule has 0 spiro atoms. The van der Waals surface area contributed by atoms with Gasteiger partial charge in [0, 0.05) is 5.56 Å². The van der Waals surface area contributed by atoms with Crippen molar-refractivity contribution >= 4 is 0 Å². The van der Waals surface area contributed by atoms with Gasteiger partial charge in [-0.25, -0.2) is 0 Å². The van der Waals surface area contributed by atoms with E-state index in [0.717, 1.165) is 17.7 Å². The molecule has 0 saturated carbocycles. The predicted molar refractivity (Wildman–Crippen MR) is 74.3 cm³/mol. The van der Waals surface area contributed by atoms with E-state index in [1.54, 1.807) is 14.0 Å². The van der Waals surface area contributed by atoms with Crippen LogP contribution in [0.4, 0.5) is 0 Å². The standard InChI is InChI=1S/C16H24O2/c1-10(17)11-7-12-14(13(8-11)18-6)16(4,5)9-15(12,2)3/h7-8,10,17H,9H2,1-6H3. The first-order valence-electron chi connectivity index (χ1n) is 6.60. The molecule has 1 aromatic carbocycles. The van der Waals surface area contributed by atoms with Crippen molar-refractivity contribution in [2.45, 2.75) is 58.0 Å². The Kier molecular flexibility index (Phi) is 2.97. The zero-order valence-corrected chi connectivity index (χ0v) is 12.3. The Morgan fingerprint density at radius 1 is 1.17 bits per heavy atom. The van der Waals surface area contributed by atoms with Crippen LogP contribution in [0.3, 0.4) is 0 Å². The van der Waals surface area contributed by atoms with Crippen molar-refractivity contribution in [3.8, 4) is 5.75 Å². The summed E-state index contributed by atoms with van der Waals surface area (Å²) in [5.74, 6) is 0.916. The van der Waals surface area contributed by atoms with E-state index >= 15 is 0 Å². The quantitative estimate of drug-likeness (QED) is 0.864. The van der Waals surface area contributed by atoms with Crippen LogP contribution in [0.25, 0.3) is 0 Å². The lowest BCUT2D eigenvalue weighted by atomic mass is 9.82. The normalized spacial score (nSPS) is 21.5. The van der Waals surface area contributed by atoms with Gasteiger partial charge < -0.3 is 9.84 Å². The Morgan fingerprint density at radius 2 is 1.78 bits per heavy atom. The van der Waals surface area contributed by atoms with Crippen molar-refractivity contribution in [3.05, 3.63) is 28.8 Å². The Morgan fingerprint density at radius 3 is 2.28 bits per heavy atom. The number of aliphatic hydroxyl groups excluding tert-OH is 1. The number of hydrogen-bond donors (Lipinski definition) is 1. The second-order valence-corrected chi connectivity index (χ2v) is 6.77. The maximum atomic E-state index is 9.82. The maximum Gasteiger partial charge on any atom is 0.123 e. The molecule has 100 valence electrons. The third kappa shape index (κ3) is 1.93. The first kappa shape index (κ1) is 13.4. The van der Waals surface area contributed by atoms with E-state index in [1.165, 1.54) is 11.1 Å². The fourth-order valence-corrected chi connectivity index (χ4v) is 3.56. The molecular formula is C16H24O2. The molecule has 0 amide bonds. The SMILES string of the molecule is COc1cc(C(C)O)cc2c1C(C)(C)CC2(C)C. The highest BCUT2D eigenvalue weighted by molar-refractivity contribution is 5.55. The molecule has 0 heterocycles. The second kappa shape index (κ2) is 3.99. The number of methoxy groups -OCH3 is 1. The minimum absolute atomic E-state index is 0.126. The summed E-state index contributed by atoms with van der Waals surface area (Å²) in [6.45, 7) is 10.9. The van der Waals surface area contributed by atoms with Gasteiger partial charge in [-0.1, -0.05) is 33.8 Å². The molecule has 0 radical (unpaired) electrons. The Hall–Kier alpha value is -1.02. The molecule has 2 rings (SSSR count). The number of aliphatic hydroxyl groups is 1. The van der Waals surface area contributed by atoms with Gasteiger partial charge in [-0.05, 0) is 41.4 Å². The zero-order chi connectivity index (χ0) is 13.7. The minimum Gasteiger partial charge on any atom is -0.496 e. The molecule has 2 nitrogen and oxygen atoms in total. The number of rotatable bonds is 2. The summed E-state index contributed by atoms with van der Waals surface area (Å²) < 4.78 is 5.57. The summed E-state index contributed by atoms with van der Waals surface area (Å²) in [6.07, 6.45) is 0.651. The first-order valence-corrected chi connectivity index (χ1v) is 6.60. The Bertz CT molecular complexity index is 470. The third-order valence-corrected chi connectivity index (χ3v) is 4.12. The fraction of sp³-hybridized carbons (Fsp3) is 0.625. The summed E-state index contributed by atoms with van der Waals surface area (Å²) in [4.78, 5) is 0. The Labute approximate surface area is 110 Å². The van der Waals surface area contributed by atoms with Gasteiger partial charge in [0.1, 0.15) is 5.75 Å². The van der Waals surface area contributed by atoms with E-state index < -0.39 is 6.10 Å². The van der Waals surface area contributed by atoms with E-state index in [-0.39, 0.29) is 10.8 Å². The zero-order valence-electron chi connectivity index (χ0n) is 12.3. The molecule has 0 bridgehead atoms.